The van der Waals surface area contributed by atoms with Gasteiger partial charge in [-0.2, -0.15) is 0 Å². The van der Waals surface area contributed by atoms with Crippen molar-refractivity contribution in [1.29, 1.82) is 0 Å². The molecule has 1 fully saturated rings. The van der Waals surface area contributed by atoms with Crippen LogP contribution < -0.4 is 10.1 Å². The van der Waals surface area contributed by atoms with E-state index in [1.165, 1.54) is 5.56 Å². The summed E-state index contributed by atoms with van der Waals surface area (Å²) in [6.07, 6.45) is 2.62. The predicted molar refractivity (Wildman–Crippen MR) is 87.7 cm³/mol. The quantitative estimate of drug-likeness (QED) is 0.853. The van der Waals surface area contributed by atoms with Gasteiger partial charge in [0.1, 0.15) is 5.75 Å². The topological polar surface area (TPSA) is 41.6 Å². The molecular weight excluding hydrogens is 332 g/mol. The number of hydrogen-bond acceptors (Lipinski definition) is 3. The molecule has 0 aromatic heterocycles. The summed E-state index contributed by atoms with van der Waals surface area (Å²) >= 11 is 3.48. The molecule has 1 atom stereocenters. The van der Waals surface area contributed by atoms with Crippen LogP contribution in [0.15, 0.2) is 22.7 Å². The van der Waals surface area contributed by atoms with E-state index >= 15 is 0 Å². The van der Waals surface area contributed by atoms with Crippen LogP contribution in [0, 0.1) is 6.92 Å². The highest BCUT2D eigenvalue weighted by Crippen LogP contribution is 2.26. The molecule has 0 aliphatic carbocycles. The molecule has 1 aromatic rings. The zero-order valence-electron chi connectivity index (χ0n) is 12.7. The molecule has 2 rings (SSSR count). The minimum Gasteiger partial charge on any atom is -0.492 e. The van der Waals surface area contributed by atoms with Gasteiger partial charge in [0, 0.05) is 19.1 Å². The molecule has 1 aromatic carbocycles. The summed E-state index contributed by atoms with van der Waals surface area (Å²) in [6.45, 7) is 4.20. The van der Waals surface area contributed by atoms with Crippen LogP contribution in [0.3, 0.4) is 0 Å². The van der Waals surface area contributed by atoms with Gasteiger partial charge in [-0.25, -0.2) is 0 Å². The number of aryl methyl sites for hydroxylation is 1. The van der Waals surface area contributed by atoms with Gasteiger partial charge in [-0.05, 0) is 60.4 Å². The van der Waals surface area contributed by atoms with Crippen LogP contribution in [-0.4, -0.2) is 43.6 Å². The number of hydrogen-bond donors (Lipinski definition) is 1. The first kappa shape index (κ1) is 16.3. The number of ether oxygens (including phenoxy) is 1. The van der Waals surface area contributed by atoms with Crippen LogP contribution in [-0.2, 0) is 4.79 Å². The highest BCUT2D eigenvalue weighted by Gasteiger charge is 2.27. The normalized spacial score (nSPS) is 18.0. The Labute approximate surface area is 135 Å². The summed E-state index contributed by atoms with van der Waals surface area (Å²) in [5, 5.41) is 3.16. The van der Waals surface area contributed by atoms with Crippen molar-refractivity contribution in [2.75, 3.05) is 26.7 Å². The molecule has 1 saturated heterocycles. The highest BCUT2D eigenvalue weighted by atomic mass is 79.9. The van der Waals surface area contributed by atoms with E-state index in [9.17, 15) is 4.79 Å². The van der Waals surface area contributed by atoms with Crippen molar-refractivity contribution in [2.45, 2.75) is 32.2 Å². The van der Waals surface area contributed by atoms with Crippen molar-refractivity contribution in [3.05, 3.63) is 28.2 Å². The number of amides is 1. The second-order valence-electron chi connectivity index (χ2n) is 5.47. The van der Waals surface area contributed by atoms with Gasteiger partial charge in [-0.15, -0.1) is 0 Å². The van der Waals surface area contributed by atoms with Crippen molar-refractivity contribution >= 4 is 21.8 Å². The molecule has 1 N–H and O–H groups in total. The number of rotatable bonds is 6. The molecule has 21 heavy (non-hydrogen) atoms. The van der Waals surface area contributed by atoms with Crippen LogP contribution in [0.1, 0.15) is 24.8 Å². The Morgan fingerprint density at radius 2 is 2.33 bits per heavy atom. The Morgan fingerprint density at radius 3 is 3.05 bits per heavy atom. The lowest BCUT2D eigenvalue weighted by atomic mass is 10.2. The lowest BCUT2D eigenvalue weighted by Crippen LogP contribution is -2.41. The third-order valence-electron chi connectivity index (χ3n) is 3.80. The van der Waals surface area contributed by atoms with E-state index in [4.69, 9.17) is 4.74 Å². The van der Waals surface area contributed by atoms with Gasteiger partial charge in [0.05, 0.1) is 17.5 Å². The summed E-state index contributed by atoms with van der Waals surface area (Å²) in [5.41, 5.74) is 1.18. The molecule has 116 valence electrons. The highest BCUT2D eigenvalue weighted by molar-refractivity contribution is 9.10. The van der Waals surface area contributed by atoms with Crippen LogP contribution in [0.2, 0.25) is 0 Å². The van der Waals surface area contributed by atoms with Crippen LogP contribution in [0.5, 0.6) is 5.75 Å². The maximum Gasteiger partial charge on any atom is 0.226 e. The van der Waals surface area contributed by atoms with Crippen molar-refractivity contribution in [3.63, 3.8) is 0 Å². The summed E-state index contributed by atoms with van der Waals surface area (Å²) in [4.78, 5) is 14.3. The summed E-state index contributed by atoms with van der Waals surface area (Å²) in [5.74, 6) is 0.984. The minimum absolute atomic E-state index is 0.191. The van der Waals surface area contributed by atoms with E-state index < -0.39 is 0 Å². The van der Waals surface area contributed by atoms with E-state index in [0.29, 0.717) is 19.1 Å². The van der Waals surface area contributed by atoms with E-state index in [1.807, 2.05) is 37.1 Å². The molecule has 1 aliphatic rings. The van der Waals surface area contributed by atoms with Gasteiger partial charge in [0.2, 0.25) is 5.91 Å². The van der Waals surface area contributed by atoms with Gasteiger partial charge in [0.25, 0.3) is 0 Å². The van der Waals surface area contributed by atoms with Crippen LogP contribution in [0.25, 0.3) is 0 Å². The number of halogens is 1. The Bertz CT molecular complexity index is 493. The lowest BCUT2D eigenvalue weighted by Gasteiger charge is -2.24. The monoisotopic (exact) mass is 354 g/mol. The van der Waals surface area contributed by atoms with Crippen molar-refractivity contribution in [2.24, 2.45) is 0 Å². The zero-order valence-corrected chi connectivity index (χ0v) is 14.3. The van der Waals surface area contributed by atoms with Gasteiger partial charge in [-0.1, -0.05) is 6.07 Å². The van der Waals surface area contributed by atoms with Crippen LogP contribution in [0.4, 0.5) is 0 Å². The van der Waals surface area contributed by atoms with Crippen LogP contribution >= 0.6 is 15.9 Å². The van der Waals surface area contributed by atoms with E-state index in [2.05, 4.69) is 21.2 Å². The van der Waals surface area contributed by atoms with E-state index in [1.54, 1.807) is 0 Å². The molecule has 1 unspecified atom stereocenters. The molecule has 1 aliphatic heterocycles. The van der Waals surface area contributed by atoms with Gasteiger partial charge < -0.3 is 15.0 Å². The van der Waals surface area contributed by atoms with E-state index in [0.717, 1.165) is 36.2 Å². The number of likely N-dealkylation sites (tertiary alicyclic amines) is 1. The maximum atomic E-state index is 12.3. The first-order valence-electron chi connectivity index (χ1n) is 7.45. The Balaban J connectivity index is 1.81. The molecule has 0 saturated carbocycles. The molecule has 4 nitrogen and oxygen atoms in total. The predicted octanol–water partition coefficient (Wildman–Crippen LogP) is 2.74. The fourth-order valence-corrected chi connectivity index (χ4v) is 3.33. The zero-order chi connectivity index (χ0) is 15.2. The molecule has 5 heteroatoms. The Morgan fingerprint density at radius 1 is 1.52 bits per heavy atom. The first-order valence-corrected chi connectivity index (χ1v) is 8.24. The van der Waals surface area contributed by atoms with Gasteiger partial charge in [-0.3, -0.25) is 4.79 Å². The van der Waals surface area contributed by atoms with E-state index in [-0.39, 0.29) is 5.91 Å². The first-order chi connectivity index (χ1) is 10.1. The minimum atomic E-state index is 0.191. The van der Waals surface area contributed by atoms with Crippen molar-refractivity contribution in [1.82, 2.24) is 10.2 Å². The lowest BCUT2D eigenvalue weighted by molar-refractivity contribution is -0.132. The van der Waals surface area contributed by atoms with Crippen molar-refractivity contribution in [3.8, 4) is 5.75 Å². The molecule has 0 radical (unpaired) electrons. The number of carbonyl (C=O) groups excluding carboxylic acids is 1. The number of nitrogens with zero attached hydrogens (tertiary/aromatic N) is 1. The Kier molecular flexibility index (Phi) is 6.06. The fraction of sp³-hybridized carbons (Fsp3) is 0.562. The third kappa shape index (κ3) is 4.45. The van der Waals surface area contributed by atoms with Crippen molar-refractivity contribution < 1.29 is 9.53 Å². The molecule has 0 spiro atoms. The van der Waals surface area contributed by atoms with Gasteiger partial charge in [0.15, 0.2) is 0 Å². The number of carbonyl (C=O) groups is 1. The molecule has 1 heterocycles. The molecule has 0 bridgehead atoms. The maximum absolute atomic E-state index is 12.3. The SMILES string of the molecule is CNCC1CCCN1C(=O)CCOc1ccc(C)cc1Br. The number of likely N-dealkylation sites (N-methyl/N-ethyl adjacent to an activating group) is 1. The summed E-state index contributed by atoms with van der Waals surface area (Å²) in [6, 6.07) is 6.30. The second-order valence-corrected chi connectivity index (χ2v) is 6.33. The number of nitrogens with one attached hydrogen (secondary N) is 1. The third-order valence-corrected chi connectivity index (χ3v) is 4.42. The second kappa shape index (κ2) is 7.80. The summed E-state index contributed by atoms with van der Waals surface area (Å²) in [7, 11) is 1.93. The fourth-order valence-electron chi connectivity index (χ4n) is 2.73. The molecule has 1 amide bonds. The average Bonchev–Trinajstić information content (AvgIpc) is 2.90. The standard InChI is InChI=1S/C16H23BrN2O2/c1-12-5-6-15(14(17)10-12)21-9-7-16(20)19-8-3-4-13(19)11-18-2/h5-6,10,13,18H,3-4,7-9,11H2,1-2H3. The summed E-state index contributed by atoms with van der Waals surface area (Å²) < 4.78 is 6.64. The smallest absolute Gasteiger partial charge is 0.226 e. The number of benzene rings is 1. The largest absolute Gasteiger partial charge is 0.492 e. The van der Waals surface area contributed by atoms with Gasteiger partial charge >= 0.3 is 0 Å². The molecular formula is C16H23BrN2O2. The average molecular weight is 355 g/mol. The Hall–Kier alpha value is -1.07.